The van der Waals surface area contributed by atoms with Crippen molar-refractivity contribution >= 4 is 10.0 Å². The van der Waals surface area contributed by atoms with Gasteiger partial charge in [-0.05, 0) is 17.4 Å². The molecule has 0 radical (unpaired) electrons. The van der Waals surface area contributed by atoms with E-state index >= 15 is 0 Å². The van der Waals surface area contributed by atoms with E-state index in [1.54, 1.807) is 0 Å². The molecule has 0 spiro atoms. The van der Waals surface area contributed by atoms with Gasteiger partial charge in [0.15, 0.2) is 0 Å². The zero-order valence-corrected chi connectivity index (χ0v) is 12.7. The number of rotatable bonds is 7. The Hall–Kier alpha value is -0.910. The Bertz CT molecular complexity index is 471. The molecule has 0 saturated heterocycles. The monoisotopic (exact) mass is 284 g/mol. The third-order valence-electron chi connectivity index (χ3n) is 3.23. The molecule has 3 N–H and O–H groups in total. The van der Waals surface area contributed by atoms with E-state index in [0.29, 0.717) is 6.54 Å². The van der Waals surface area contributed by atoms with E-state index in [1.165, 1.54) is 0 Å². The molecule has 2 unspecified atom stereocenters. The van der Waals surface area contributed by atoms with Gasteiger partial charge in [-0.15, -0.1) is 0 Å². The number of sulfonamides is 1. The molecule has 2 atom stereocenters. The minimum Gasteiger partial charge on any atom is -0.326 e. The predicted molar refractivity (Wildman–Crippen MR) is 79.5 cm³/mol. The summed E-state index contributed by atoms with van der Waals surface area (Å²) in [5.41, 5.74) is 6.87. The Morgan fingerprint density at radius 2 is 1.74 bits per heavy atom. The van der Waals surface area contributed by atoms with E-state index in [-0.39, 0.29) is 23.6 Å². The van der Waals surface area contributed by atoms with Gasteiger partial charge in [0.05, 0.1) is 5.75 Å². The maximum Gasteiger partial charge on any atom is 0.212 e. The Balaban J connectivity index is 2.55. The van der Waals surface area contributed by atoms with Crippen LogP contribution in [0.4, 0.5) is 0 Å². The number of nitrogens with two attached hydrogens (primary N) is 1. The molecule has 4 nitrogen and oxygen atoms in total. The second kappa shape index (κ2) is 7.03. The van der Waals surface area contributed by atoms with Crippen molar-refractivity contribution in [3.63, 3.8) is 0 Å². The Kier molecular flexibility index (Phi) is 5.97. The van der Waals surface area contributed by atoms with Crippen LogP contribution in [0.5, 0.6) is 0 Å². The van der Waals surface area contributed by atoms with Crippen LogP contribution in [0.15, 0.2) is 30.3 Å². The van der Waals surface area contributed by atoms with Crippen LogP contribution in [-0.4, -0.2) is 26.8 Å². The minimum atomic E-state index is -3.29. The molecule has 0 aliphatic rings. The van der Waals surface area contributed by atoms with E-state index in [0.717, 1.165) is 5.56 Å². The highest BCUT2D eigenvalue weighted by atomic mass is 32.2. The summed E-state index contributed by atoms with van der Waals surface area (Å²) in [6.45, 7) is 6.16. The zero-order chi connectivity index (χ0) is 14.5. The quantitative estimate of drug-likeness (QED) is 0.800. The van der Waals surface area contributed by atoms with E-state index < -0.39 is 10.0 Å². The fraction of sp³-hybridized carbons (Fsp3) is 0.571. The summed E-state index contributed by atoms with van der Waals surface area (Å²) in [6.07, 6.45) is 0. The van der Waals surface area contributed by atoms with Gasteiger partial charge in [0.1, 0.15) is 0 Å². The summed E-state index contributed by atoms with van der Waals surface area (Å²) in [6, 6.07) is 9.49. The molecule has 1 aromatic carbocycles. The fourth-order valence-electron chi connectivity index (χ4n) is 1.72. The highest BCUT2D eigenvalue weighted by Crippen LogP contribution is 2.16. The van der Waals surface area contributed by atoms with Gasteiger partial charge >= 0.3 is 0 Å². The van der Waals surface area contributed by atoms with Crippen molar-refractivity contribution in [2.75, 3.05) is 12.3 Å². The first-order valence-electron chi connectivity index (χ1n) is 6.59. The standard InChI is InChI=1S/C14H24N2O2S/c1-11(2)14(15)9-16-19(17,18)10-12(3)13-7-5-4-6-8-13/h4-8,11-12,14,16H,9-10,15H2,1-3H3. The lowest BCUT2D eigenvalue weighted by atomic mass is 10.0. The molecule has 0 saturated carbocycles. The molecule has 0 fully saturated rings. The van der Waals surface area contributed by atoms with Crippen molar-refractivity contribution in [2.45, 2.75) is 32.7 Å². The van der Waals surface area contributed by atoms with E-state index in [2.05, 4.69) is 4.72 Å². The van der Waals surface area contributed by atoms with Crippen molar-refractivity contribution in [1.82, 2.24) is 4.72 Å². The molecule has 1 aromatic rings. The number of benzene rings is 1. The maximum atomic E-state index is 12.0. The average Bonchev–Trinajstić information content (AvgIpc) is 2.36. The summed E-state index contributed by atoms with van der Waals surface area (Å²) in [7, 11) is -3.29. The van der Waals surface area contributed by atoms with Gasteiger partial charge in [-0.3, -0.25) is 0 Å². The van der Waals surface area contributed by atoms with Crippen LogP contribution >= 0.6 is 0 Å². The van der Waals surface area contributed by atoms with Crippen LogP contribution in [0, 0.1) is 5.92 Å². The lowest BCUT2D eigenvalue weighted by Crippen LogP contribution is -2.41. The third-order valence-corrected chi connectivity index (χ3v) is 4.78. The molecule has 108 valence electrons. The minimum absolute atomic E-state index is 0.0334. The molecule has 1 rings (SSSR count). The van der Waals surface area contributed by atoms with Gasteiger partial charge in [-0.2, -0.15) is 0 Å². The molecule has 0 amide bonds. The van der Waals surface area contributed by atoms with Gasteiger partial charge in [0.2, 0.25) is 10.0 Å². The molecule has 0 aliphatic carbocycles. The molecule has 0 aromatic heterocycles. The van der Waals surface area contributed by atoms with Crippen LogP contribution in [0.2, 0.25) is 0 Å². The SMILES string of the molecule is CC(CS(=O)(=O)NCC(N)C(C)C)c1ccccc1. The van der Waals surface area contributed by atoms with Crippen molar-refractivity contribution in [2.24, 2.45) is 11.7 Å². The van der Waals surface area contributed by atoms with Crippen molar-refractivity contribution in [3.8, 4) is 0 Å². The Morgan fingerprint density at radius 3 is 2.26 bits per heavy atom. The van der Waals surface area contributed by atoms with Gasteiger partial charge in [-0.1, -0.05) is 51.1 Å². The first kappa shape index (κ1) is 16.1. The second-order valence-corrected chi connectivity index (χ2v) is 7.20. The molecular formula is C14H24N2O2S. The number of hydrogen-bond acceptors (Lipinski definition) is 3. The van der Waals surface area contributed by atoms with Crippen LogP contribution < -0.4 is 10.5 Å². The topological polar surface area (TPSA) is 72.2 Å². The van der Waals surface area contributed by atoms with Crippen molar-refractivity contribution in [1.29, 1.82) is 0 Å². The Morgan fingerprint density at radius 1 is 1.16 bits per heavy atom. The normalized spacial score (nSPS) is 15.4. The Labute approximate surface area is 116 Å². The number of nitrogens with one attached hydrogen (secondary N) is 1. The molecule has 5 heteroatoms. The number of hydrogen-bond donors (Lipinski definition) is 2. The van der Waals surface area contributed by atoms with Crippen molar-refractivity contribution in [3.05, 3.63) is 35.9 Å². The van der Waals surface area contributed by atoms with Crippen LogP contribution in [0.25, 0.3) is 0 Å². The van der Waals surface area contributed by atoms with Gasteiger partial charge < -0.3 is 5.73 Å². The van der Waals surface area contributed by atoms with E-state index in [1.807, 2.05) is 51.1 Å². The summed E-state index contributed by atoms with van der Waals surface area (Å²) in [4.78, 5) is 0. The second-order valence-electron chi connectivity index (χ2n) is 5.35. The fourth-order valence-corrected chi connectivity index (χ4v) is 3.14. The highest BCUT2D eigenvalue weighted by molar-refractivity contribution is 7.89. The molecule has 0 bridgehead atoms. The molecule has 19 heavy (non-hydrogen) atoms. The lowest BCUT2D eigenvalue weighted by molar-refractivity contribution is 0.481. The summed E-state index contributed by atoms with van der Waals surface area (Å²) in [5.74, 6) is 0.310. The average molecular weight is 284 g/mol. The van der Waals surface area contributed by atoms with Crippen LogP contribution in [-0.2, 0) is 10.0 Å². The van der Waals surface area contributed by atoms with Gasteiger partial charge in [0.25, 0.3) is 0 Å². The molecule has 0 heterocycles. The third kappa shape index (κ3) is 5.72. The van der Waals surface area contributed by atoms with Crippen molar-refractivity contribution < 1.29 is 8.42 Å². The lowest BCUT2D eigenvalue weighted by Gasteiger charge is -2.18. The molecule has 0 aliphatic heterocycles. The first-order chi connectivity index (χ1) is 8.82. The van der Waals surface area contributed by atoms with Crippen LogP contribution in [0.1, 0.15) is 32.3 Å². The first-order valence-corrected chi connectivity index (χ1v) is 8.25. The molecular weight excluding hydrogens is 260 g/mol. The largest absolute Gasteiger partial charge is 0.326 e. The summed E-state index contributed by atoms with van der Waals surface area (Å²) >= 11 is 0. The van der Waals surface area contributed by atoms with E-state index in [9.17, 15) is 8.42 Å². The van der Waals surface area contributed by atoms with Gasteiger partial charge in [0, 0.05) is 12.6 Å². The maximum absolute atomic E-state index is 12.0. The highest BCUT2D eigenvalue weighted by Gasteiger charge is 2.18. The zero-order valence-electron chi connectivity index (χ0n) is 11.8. The van der Waals surface area contributed by atoms with Gasteiger partial charge in [-0.25, -0.2) is 13.1 Å². The predicted octanol–water partition coefficient (Wildman–Crippen LogP) is 1.69. The smallest absolute Gasteiger partial charge is 0.212 e. The summed E-state index contributed by atoms with van der Waals surface area (Å²) < 4.78 is 26.5. The van der Waals surface area contributed by atoms with Crippen LogP contribution in [0.3, 0.4) is 0 Å². The summed E-state index contributed by atoms with van der Waals surface area (Å²) in [5, 5.41) is 0. The van der Waals surface area contributed by atoms with E-state index in [4.69, 9.17) is 5.73 Å².